The molecule has 2 rings (SSSR count). The molecule has 23 heavy (non-hydrogen) atoms. The monoisotopic (exact) mass is 338 g/mol. The summed E-state index contributed by atoms with van der Waals surface area (Å²) in [6.45, 7) is 7.17. The first-order valence-corrected chi connectivity index (χ1v) is 10.6. The summed E-state index contributed by atoms with van der Waals surface area (Å²) in [5.74, 6) is 0. The van der Waals surface area contributed by atoms with E-state index >= 15 is 0 Å². The fourth-order valence-electron chi connectivity index (χ4n) is 3.58. The van der Waals surface area contributed by atoms with Crippen LogP contribution in [0, 0.1) is 0 Å². The molecule has 0 saturated carbocycles. The zero-order valence-corrected chi connectivity index (χ0v) is 15.5. The van der Waals surface area contributed by atoms with Crippen LogP contribution in [-0.2, 0) is 29.4 Å². The zero-order valence-electron chi connectivity index (χ0n) is 14.6. The second-order valence-corrected chi connectivity index (χ2v) is 8.41. The standard InChI is InChI=1S/C18H30N2O2S/c1-4-11-20(12-5-2)17-10-9-15-7-6-8-16(18(15)13-17)14-19-23(3,21)22/h6-8,17,19H,4-5,9-14H2,1-3H3. The molecule has 0 heterocycles. The Labute approximate surface area is 141 Å². The lowest BCUT2D eigenvalue weighted by atomic mass is 9.84. The van der Waals surface area contributed by atoms with Crippen molar-refractivity contribution in [3.8, 4) is 0 Å². The van der Waals surface area contributed by atoms with Crippen LogP contribution in [0.5, 0.6) is 0 Å². The molecular weight excluding hydrogens is 308 g/mol. The van der Waals surface area contributed by atoms with Gasteiger partial charge in [-0.15, -0.1) is 0 Å². The maximum absolute atomic E-state index is 11.4. The first kappa shape index (κ1) is 18.4. The van der Waals surface area contributed by atoms with E-state index in [4.69, 9.17) is 0 Å². The van der Waals surface area contributed by atoms with Gasteiger partial charge in [-0.05, 0) is 61.9 Å². The summed E-state index contributed by atoms with van der Waals surface area (Å²) < 4.78 is 25.4. The summed E-state index contributed by atoms with van der Waals surface area (Å²) in [5, 5.41) is 0. The largest absolute Gasteiger partial charge is 0.300 e. The van der Waals surface area contributed by atoms with Crippen molar-refractivity contribution >= 4 is 10.0 Å². The molecular formula is C18H30N2O2S. The van der Waals surface area contributed by atoms with Crippen LogP contribution in [0.4, 0.5) is 0 Å². The van der Waals surface area contributed by atoms with E-state index in [1.54, 1.807) is 0 Å². The molecule has 4 nitrogen and oxygen atoms in total. The van der Waals surface area contributed by atoms with E-state index < -0.39 is 10.0 Å². The summed E-state index contributed by atoms with van der Waals surface area (Å²) >= 11 is 0. The minimum atomic E-state index is -3.16. The van der Waals surface area contributed by atoms with Crippen molar-refractivity contribution in [1.29, 1.82) is 0 Å². The molecule has 130 valence electrons. The Hall–Kier alpha value is -0.910. The van der Waals surface area contributed by atoms with E-state index in [0.29, 0.717) is 12.6 Å². The number of rotatable bonds is 8. The van der Waals surface area contributed by atoms with E-state index in [1.165, 1.54) is 36.6 Å². The van der Waals surface area contributed by atoms with Crippen molar-refractivity contribution in [2.45, 2.75) is 58.5 Å². The number of nitrogens with zero attached hydrogens (tertiary/aromatic N) is 1. The fourth-order valence-corrected chi connectivity index (χ4v) is 4.00. The van der Waals surface area contributed by atoms with Crippen LogP contribution >= 0.6 is 0 Å². The summed E-state index contributed by atoms with van der Waals surface area (Å²) in [6.07, 6.45) is 6.92. The van der Waals surface area contributed by atoms with Gasteiger partial charge in [-0.3, -0.25) is 0 Å². The van der Waals surface area contributed by atoms with Crippen molar-refractivity contribution in [1.82, 2.24) is 9.62 Å². The molecule has 0 amide bonds. The molecule has 1 unspecified atom stereocenters. The second kappa shape index (κ2) is 8.27. The van der Waals surface area contributed by atoms with Crippen molar-refractivity contribution in [2.75, 3.05) is 19.3 Å². The molecule has 0 aromatic heterocycles. The molecule has 1 aliphatic carbocycles. The fraction of sp³-hybridized carbons (Fsp3) is 0.667. The van der Waals surface area contributed by atoms with Crippen molar-refractivity contribution in [3.63, 3.8) is 0 Å². The van der Waals surface area contributed by atoms with E-state index in [2.05, 4.69) is 35.6 Å². The summed E-state index contributed by atoms with van der Waals surface area (Å²) in [4.78, 5) is 2.61. The predicted octanol–water partition coefficient (Wildman–Crippen LogP) is 2.72. The van der Waals surface area contributed by atoms with Gasteiger partial charge in [0.1, 0.15) is 0 Å². The molecule has 1 aromatic carbocycles. The van der Waals surface area contributed by atoms with Gasteiger partial charge in [0.05, 0.1) is 6.26 Å². The average Bonchev–Trinajstić information content (AvgIpc) is 2.51. The van der Waals surface area contributed by atoms with Gasteiger partial charge in [-0.2, -0.15) is 0 Å². The normalized spacial score (nSPS) is 18.2. The Morgan fingerprint density at radius 2 is 1.91 bits per heavy atom. The second-order valence-electron chi connectivity index (χ2n) is 6.58. The Kier molecular flexibility index (Phi) is 6.62. The molecule has 0 spiro atoms. The van der Waals surface area contributed by atoms with Gasteiger partial charge in [0.25, 0.3) is 0 Å². The smallest absolute Gasteiger partial charge is 0.209 e. The van der Waals surface area contributed by atoms with Crippen molar-refractivity contribution in [3.05, 3.63) is 34.9 Å². The molecule has 0 saturated heterocycles. The number of fused-ring (bicyclic) bond motifs is 1. The van der Waals surface area contributed by atoms with Gasteiger partial charge in [0, 0.05) is 12.6 Å². The highest BCUT2D eigenvalue weighted by Gasteiger charge is 2.25. The van der Waals surface area contributed by atoms with Crippen LogP contribution in [0.3, 0.4) is 0 Å². The van der Waals surface area contributed by atoms with Gasteiger partial charge in [0.2, 0.25) is 10.0 Å². The van der Waals surface area contributed by atoms with Crippen LogP contribution in [-0.4, -0.2) is 38.7 Å². The van der Waals surface area contributed by atoms with Gasteiger partial charge < -0.3 is 4.90 Å². The molecule has 0 fully saturated rings. The Morgan fingerprint density at radius 1 is 1.22 bits per heavy atom. The number of hydrogen-bond donors (Lipinski definition) is 1. The van der Waals surface area contributed by atoms with Crippen molar-refractivity contribution < 1.29 is 8.42 Å². The van der Waals surface area contributed by atoms with Crippen LogP contribution in [0.15, 0.2) is 18.2 Å². The summed E-state index contributed by atoms with van der Waals surface area (Å²) in [7, 11) is -3.16. The quantitative estimate of drug-likeness (QED) is 0.793. The van der Waals surface area contributed by atoms with E-state index in [1.807, 2.05) is 6.07 Å². The van der Waals surface area contributed by atoms with E-state index in [-0.39, 0.29) is 0 Å². The van der Waals surface area contributed by atoms with Gasteiger partial charge in [-0.1, -0.05) is 32.0 Å². The maximum Gasteiger partial charge on any atom is 0.209 e. The highest BCUT2D eigenvalue weighted by atomic mass is 32.2. The third-order valence-electron chi connectivity index (χ3n) is 4.62. The number of benzene rings is 1. The third-order valence-corrected chi connectivity index (χ3v) is 5.29. The lowest BCUT2D eigenvalue weighted by molar-refractivity contribution is 0.179. The number of sulfonamides is 1. The number of aryl methyl sites for hydroxylation is 1. The van der Waals surface area contributed by atoms with E-state index in [0.717, 1.165) is 31.5 Å². The number of nitrogens with one attached hydrogen (secondary N) is 1. The third kappa shape index (κ3) is 5.30. The lowest BCUT2D eigenvalue weighted by Gasteiger charge is -2.36. The number of hydrogen-bond acceptors (Lipinski definition) is 3. The van der Waals surface area contributed by atoms with Crippen LogP contribution in [0.2, 0.25) is 0 Å². The minimum absolute atomic E-state index is 0.399. The first-order chi connectivity index (χ1) is 10.9. The molecule has 0 radical (unpaired) electrons. The predicted molar refractivity (Wildman–Crippen MR) is 96.1 cm³/mol. The lowest BCUT2D eigenvalue weighted by Crippen LogP contribution is -2.40. The van der Waals surface area contributed by atoms with Gasteiger partial charge in [0.15, 0.2) is 0 Å². The summed E-state index contributed by atoms with van der Waals surface area (Å²) in [6, 6.07) is 6.89. The molecule has 1 aliphatic rings. The molecule has 0 bridgehead atoms. The average molecular weight is 339 g/mol. The Balaban J connectivity index is 2.17. The van der Waals surface area contributed by atoms with Crippen LogP contribution in [0.1, 0.15) is 49.8 Å². The molecule has 1 N–H and O–H groups in total. The van der Waals surface area contributed by atoms with Gasteiger partial charge >= 0.3 is 0 Å². The van der Waals surface area contributed by atoms with Crippen LogP contribution in [0.25, 0.3) is 0 Å². The maximum atomic E-state index is 11.4. The van der Waals surface area contributed by atoms with Crippen LogP contribution < -0.4 is 4.72 Å². The minimum Gasteiger partial charge on any atom is -0.300 e. The summed E-state index contributed by atoms with van der Waals surface area (Å²) in [5.41, 5.74) is 3.88. The highest BCUT2D eigenvalue weighted by Crippen LogP contribution is 2.28. The molecule has 1 aromatic rings. The highest BCUT2D eigenvalue weighted by molar-refractivity contribution is 7.88. The first-order valence-electron chi connectivity index (χ1n) is 8.73. The van der Waals surface area contributed by atoms with Crippen molar-refractivity contribution in [2.24, 2.45) is 0 Å². The molecule has 5 heteroatoms. The molecule has 1 atom stereocenters. The van der Waals surface area contributed by atoms with Gasteiger partial charge in [-0.25, -0.2) is 13.1 Å². The zero-order chi connectivity index (χ0) is 16.9. The topological polar surface area (TPSA) is 49.4 Å². The Bertz CT molecular complexity index is 607. The van der Waals surface area contributed by atoms with E-state index in [9.17, 15) is 8.42 Å². The molecule has 0 aliphatic heterocycles. The Morgan fingerprint density at radius 3 is 2.52 bits per heavy atom. The SMILES string of the molecule is CCCN(CCC)C1CCc2cccc(CNS(C)(=O)=O)c2C1.